The minimum atomic E-state index is 0. The Bertz CT molecular complexity index is 557. The Hall–Kier alpha value is -1.06. The highest BCUT2D eigenvalue weighted by molar-refractivity contribution is 14.0. The fraction of sp³-hybridized carbons (Fsp3) is 0.650. The molecule has 1 aliphatic rings. The van der Waals surface area contributed by atoms with Crippen molar-refractivity contribution < 1.29 is 9.47 Å². The Morgan fingerprint density at radius 1 is 1.33 bits per heavy atom. The topological polar surface area (TPSA) is 58.1 Å². The van der Waals surface area contributed by atoms with Gasteiger partial charge in [-0.2, -0.15) is 0 Å². The number of rotatable bonds is 9. The zero-order valence-electron chi connectivity index (χ0n) is 16.9. The molecular weight excluding hydrogens is 455 g/mol. The first-order valence-corrected chi connectivity index (χ1v) is 9.67. The molecule has 7 heteroatoms. The van der Waals surface area contributed by atoms with Gasteiger partial charge in [-0.3, -0.25) is 4.99 Å². The number of halogens is 1. The minimum absolute atomic E-state index is 0. The summed E-state index contributed by atoms with van der Waals surface area (Å²) in [7, 11) is 3.51. The van der Waals surface area contributed by atoms with Crippen molar-refractivity contribution in [3.8, 4) is 5.75 Å². The summed E-state index contributed by atoms with van der Waals surface area (Å²) >= 11 is 0. The van der Waals surface area contributed by atoms with E-state index in [-0.39, 0.29) is 24.0 Å². The van der Waals surface area contributed by atoms with Crippen LogP contribution in [0.3, 0.4) is 0 Å². The van der Waals surface area contributed by atoms with Gasteiger partial charge in [0, 0.05) is 52.0 Å². The van der Waals surface area contributed by atoms with Gasteiger partial charge in [-0.1, -0.05) is 13.0 Å². The molecule has 0 spiro atoms. The van der Waals surface area contributed by atoms with Crippen molar-refractivity contribution in [2.75, 3.05) is 58.9 Å². The summed E-state index contributed by atoms with van der Waals surface area (Å²) < 4.78 is 10.8. The van der Waals surface area contributed by atoms with Crippen molar-refractivity contribution in [2.45, 2.75) is 26.2 Å². The van der Waals surface area contributed by atoms with Gasteiger partial charge in [0.05, 0.1) is 6.61 Å². The maximum atomic E-state index is 5.76. The lowest BCUT2D eigenvalue weighted by atomic mass is 9.98. The summed E-state index contributed by atoms with van der Waals surface area (Å²) in [4.78, 5) is 6.87. The summed E-state index contributed by atoms with van der Waals surface area (Å²) in [6.07, 6.45) is 3.45. The first-order valence-electron chi connectivity index (χ1n) is 9.67. The Labute approximate surface area is 181 Å². The number of anilines is 1. The van der Waals surface area contributed by atoms with Crippen LogP contribution in [0.15, 0.2) is 29.3 Å². The van der Waals surface area contributed by atoms with E-state index in [1.165, 1.54) is 25.9 Å². The quantitative estimate of drug-likeness (QED) is 0.241. The second-order valence-corrected chi connectivity index (χ2v) is 6.70. The highest BCUT2D eigenvalue weighted by atomic mass is 127. The van der Waals surface area contributed by atoms with Crippen LogP contribution in [-0.2, 0) is 4.74 Å². The number of aliphatic imine (C=N–C) groups is 1. The van der Waals surface area contributed by atoms with Crippen LogP contribution in [0, 0.1) is 5.92 Å². The van der Waals surface area contributed by atoms with Crippen LogP contribution in [0.1, 0.15) is 26.2 Å². The molecule has 0 radical (unpaired) electrons. The molecule has 1 aromatic carbocycles. The zero-order chi connectivity index (χ0) is 18.6. The van der Waals surface area contributed by atoms with E-state index in [0.717, 1.165) is 36.9 Å². The van der Waals surface area contributed by atoms with Crippen LogP contribution in [0.5, 0.6) is 5.75 Å². The molecular formula is C20H35IN4O2. The monoisotopic (exact) mass is 490 g/mol. The van der Waals surface area contributed by atoms with E-state index in [9.17, 15) is 0 Å². The molecule has 154 valence electrons. The largest absolute Gasteiger partial charge is 0.493 e. The van der Waals surface area contributed by atoms with E-state index in [4.69, 9.17) is 9.47 Å². The van der Waals surface area contributed by atoms with Crippen molar-refractivity contribution in [1.29, 1.82) is 0 Å². The highest BCUT2D eigenvalue weighted by Gasteiger charge is 2.18. The van der Waals surface area contributed by atoms with E-state index in [0.29, 0.717) is 19.1 Å². The average Bonchev–Trinajstić information content (AvgIpc) is 2.69. The maximum absolute atomic E-state index is 5.76. The second-order valence-electron chi connectivity index (χ2n) is 6.70. The number of likely N-dealkylation sites (tertiary alicyclic amines) is 1. The molecule has 1 heterocycles. The number of methoxy groups -OCH3 is 1. The number of benzene rings is 1. The molecule has 1 atom stereocenters. The molecule has 6 nitrogen and oxygen atoms in total. The van der Waals surface area contributed by atoms with Crippen molar-refractivity contribution in [3.05, 3.63) is 24.3 Å². The Balaban J connectivity index is 0.00000364. The van der Waals surface area contributed by atoms with Gasteiger partial charge in [0.2, 0.25) is 0 Å². The van der Waals surface area contributed by atoms with Crippen LogP contribution < -0.4 is 15.4 Å². The van der Waals surface area contributed by atoms with Gasteiger partial charge in [-0.25, -0.2) is 0 Å². The van der Waals surface area contributed by atoms with E-state index < -0.39 is 0 Å². The lowest BCUT2D eigenvalue weighted by molar-refractivity contribution is 0.172. The molecule has 2 N–H and O–H groups in total. The number of hydrogen-bond acceptors (Lipinski definition) is 4. The standard InChI is InChI=1S/C20H34N4O2.HI/c1-4-24-11-6-8-17(16-24)15-22-20(21-2)23-18-9-5-10-19(14-18)26-13-7-12-25-3;/h5,9-10,14,17H,4,6-8,11-13,15-16H2,1-3H3,(H2,21,22,23);1H. The van der Waals surface area contributed by atoms with Gasteiger partial charge < -0.3 is 25.0 Å². The normalized spacial score (nSPS) is 17.9. The van der Waals surface area contributed by atoms with Crippen LogP contribution in [0.2, 0.25) is 0 Å². The SMILES string of the molecule is CCN1CCCC(CNC(=NC)Nc2cccc(OCCCOC)c2)C1.I. The number of guanidine groups is 1. The fourth-order valence-corrected chi connectivity index (χ4v) is 3.22. The van der Waals surface area contributed by atoms with Gasteiger partial charge in [-0.05, 0) is 44.0 Å². The number of nitrogens with zero attached hydrogens (tertiary/aromatic N) is 2. The average molecular weight is 490 g/mol. The van der Waals surface area contributed by atoms with Crippen LogP contribution in [-0.4, -0.2) is 64.4 Å². The Morgan fingerprint density at radius 2 is 2.19 bits per heavy atom. The predicted molar refractivity (Wildman–Crippen MR) is 124 cm³/mol. The number of nitrogens with one attached hydrogen (secondary N) is 2. The maximum Gasteiger partial charge on any atom is 0.195 e. The summed E-state index contributed by atoms with van der Waals surface area (Å²) in [6, 6.07) is 7.98. The number of ether oxygens (including phenoxy) is 2. The zero-order valence-corrected chi connectivity index (χ0v) is 19.2. The molecule has 1 fully saturated rings. The van der Waals surface area contributed by atoms with Crippen molar-refractivity contribution in [3.63, 3.8) is 0 Å². The highest BCUT2D eigenvalue weighted by Crippen LogP contribution is 2.18. The van der Waals surface area contributed by atoms with Crippen molar-refractivity contribution in [1.82, 2.24) is 10.2 Å². The van der Waals surface area contributed by atoms with Crippen molar-refractivity contribution in [2.24, 2.45) is 10.9 Å². The molecule has 2 rings (SSSR count). The third-order valence-corrected chi connectivity index (χ3v) is 4.69. The molecule has 0 saturated carbocycles. The third kappa shape index (κ3) is 9.12. The smallest absolute Gasteiger partial charge is 0.195 e. The second kappa shape index (κ2) is 14.0. The van der Waals surface area contributed by atoms with Gasteiger partial charge in [-0.15, -0.1) is 24.0 Å². The fourth-order valence-electron chi connectivity index (χ4n) is 3.22. The first kappa shape index (κ1) is 24.0. The lowest BCUT2D eigenvalue weighted by Crippen LogP contribution is -2.42. The molecule has 0 aliphatic carbocycles. The summed E-state index contributed by atoms with van der Waals surface area (Å²) in [5.41, 5.74) is 0.973. The molecule has 27 heavy (non-hydrogen) atoms. The molecule has 1 unspecified atom stereocenters. The molecule has 1 aromatic rings. The molecule has 1 aliphatic heterocycles. The van der Waals surface area contributed by atoms with Gasteiger partial charge >= 0.3 is 0 Å². The van der Waals surface area contributed by atoms with Gasteiger partial charge in [0.25, 0.3) is 0 Å². The van der Waals surface area contributed by atoms with Crippen LogP contribution in [0.25, 0.3) is 0 Å². The third-order valence-electron chi connectivity index (χ3n) is 4.69. The Morgan fingerprint density at radius 3 is 2.93 bits per heavy atom. The summed E-state index contributed by atoms with van der Waals surface area (Å²) in [5.74, 6) is 2.33. The molecule has 1 saturated heterocycles. The molecule has 0 amide bonds. The first-order chi connectivity index (χ1) is 12.7. The summed E-state index contributed by atoms with van der Waals surface area (Å²) in [5, 5.41) is 6.82. The number of piperidine rings is 1. The van der Waals surface area contributed by atoms with Crippen LogP contribution in [0.4, 0.5) is 5.69 Å². The van der Waals surface area contributed by atoms with Gasteiger partial charge in [0.15, 0.2) is 5.96 Å². The van der Waals surface area contributed by atoms with Gasteiger partial charge in [0.1, 0.15) is 5.75 Å². The van der Waals surface area contributed by atoms with E-state index in [2.05, 4.69) is 27.4 Å². The molecule has 0 bridgehead atoms. The Kier molecular flexibility index (Phi) is 12.4. The van der Waals surface area contributed by atoms with E-state index >= 15 is 0 Å². The minimum Gasteiger partial charge on any atom is -0.493 e. The van der Waals surface area contributed by atoms with Crippen molar-refractivity contribution >= 4 is 35.6 Å². The predicted octanol–water partition coefficient (Wildman–Crippen LogP) is 3.44. The number of hydrogen-bond donors (Lipinski definition) is 2. The lowest BCUT2D eigenvalue weighted by Gasteiger charge is -2.32. The summed E-state index contributed by atoms with van der Waals surface area (Å²) in [6.45, 7) is 8.10. The van der Waals surface area contributed by atoms with Crippen LogP contribution >= 0.6 is 24.0 Å². The van der Waals surface area contributed by atoms with E-state index in [1.807, 2.05) is 24.3 Å². The van der Waals surface area contributed by atoms with E-state index in [1.54, 1.807) is 14.2 Å². The molecule has 0 aromatic heterocycles.